The Bertz CT molecular complexity index is 710. The maximum absolute atomic E-state index is 10.2. The predicted octanol–water partition coefficient (Wildman–Crippen LogP) is 19.2. The third-order valence-corrected chi connectivity index (χ3v) is 14.0. The van der Waals surface area contributed by atoms with Crippen LogP contribution in [0.4, 0.5) is 0 Å². The number of rotatable bonds is 41. The van der Waals surface area contributed by atoms with Crippen molar-refractivity contribution in [3.05, 3.63) is 12.7 Å². The highest BCUT2D eigenvalue weighted by molar-refractivity contribution is 7.65. The zero-order chi connectivity index (χ0) is 42.7. The number of carbonyl (C=O) groups is 1. The minimum atomic E-state index is 0.534. The van der Waals surface area contributed by atoms with Crippen LogP contribution in [0.3, 0.4) is 0 Å². The van der Waals surface area contributed by atoms with Crippen molar-refractivity contribution in [2.24, 2.45) is 11.8 Å². The summed E-state index contributed by atoms with van der Waals surface area (Å²) < 4.78 is 0. The van der Waals surface area contributed by atoms with E-state index in [0.29, 0.717) is 7.92 Å². The standard InChI is InChI=1S/C24H48O.C21H42.C7H15P.C2H7N/c1-2-3-4-5-6-7-8-9-10-11-12-13-14-15-16-17-18-19-20-21-22-23-24-25;1-4-6-8-9-10-11-12-13-14-15-16-17-18-20-21(3)19-7-5-2;1-6(2)4-7-5-8(7)3;1-3-2/h24H,2-23H2,1H3;5,21H,2,4,6-20H2,1,3H3;6-7H,4-5H2,1-3H3;3H,1-2H3. The normalized spacial score (nSPS) is 14.8. The molecule has 0 radical (unpaired) electrons. The molecule has 0 aromatic carbocycles. The van der Waals surface area contributed by atoms with Gasteiger partial charge in [0.15, 0.2) is 0 Å². The number of nitrogens with one attached hydrogen (secondary N) is 1. The lowest BCUT2D eigenvalue weighted by atomic mass is 9.97. The molecule has 1 aliphatic rings. The molecule has 0 spiro atoms. The van der Waals surface area contributed by atoms with E-state index in [4.69, 9.17) is 0 Å². The van der Waals surface area contributed by atoms with Gasteiger partial charge in [-0.25, -0.2) is 0 Å². The first-order valence-electron chi connectivity index (χ1n) is 26.2. The van der Waals surface area contributed by atoms with Crippen LogP contribution in [-0.2, 0) is 4.79 Å². The van der Waals surface area contributed by atoms with E-state index < -0.39 is 0 Å². The molecule has 1 fully saturated rings. The molecule has 0 bridgehead atoms. The third-order valence-electron chi connectivity index (χ3n) is 11.8. The van der Waals surface area contributed by atoms with Crippen LogP contribution in [0.5, 0.6) is 0 Å². The summed E-state index contributed by atoms with van der Waals surface area (Å²) in [6, 6.07) is 0. The van der Waals surface area contributed by atoms with Crippen LogP contribution in [0, 0.1) is 11.8 Å². The van der Waals surface area contributed by atoms with Gasteiger partial charge in [0.05, 0.1) is 0 Å². The summed E-state index contributed by atoms with van der Waals surface area (Å²) in [6.07, 6.45) is 59.5. The van der Waals surface area contributed by atoms with E-state index in [9.17, 15) is 4.79 Å². The summed E-state index contributed by atoms with van der Waals surface area (Å²) in [6.45, 7) is 17.8. The zero-order valence-electron chi connectivity index (χ0n) is 41.2. The van der Waals surface area contributed by atoms with Crippen molar-refractivity contribution < 1.29 is 4.79 Å². The first kappa shape index (κ1) is 61.1. The van der Waals surface area contributed by atoms with Crippen LogP contribution < -0.4 is 5.32 Å². The molecule has 1 rings (SSSR count). The van der Waals surface area contributed by atoms with Crippen LogP contribution >= 0.6 is 7.92 Å². The molecule has 0 saturated carbocycles. The molecular formula is C54H112NOP. The molecule has 0 aliphatic carbocycles. The van der Waals surface area contributed by atoms with Gasteiger partial charge < -0.3 is 10.1 Å². The zero-order valence-corrected chi connectivity index (χ0v) is 42.1. The fraction of sp³-hybridized carbons (Fsp3) is 0.944. The summed E-state index contributed by atoms with van der Waals surface area (Å²) >= 11 is 0. The molecule has 0 amide bonds. The van der Waals surface area contributed by atoms with Crippen molar-refractivity contribution in [2.45, 2.75) is 291 Å². The van der Waals surface area contributed by atoms with Crippen molar-refractivity contribution in [2.75, 3.05) is 26.9 Å². The molecule has 3 atom stereocenters. The van der Waals surface area contributed by atoms with Gasteiger partial charge in [-0.05, 0) is 70.1 Å². The number of unbranched alkanes of at least 4 members (excludes halogenated alkanes) is 33. The van der Waals surface area contributed by atoms with Crippen LogP contribution in [0.2, 0.25) is 0 Å². The maximum atomic E-state index is 10.2. The van der Waals surface area contributed by atoms with Gasteiger partial charge in [-0.15, -0.1) is 14.5 Å². The van der Waals surface area contributed by atoms with Gasteiger partial charge >= 0.3 is 0 Å². The van der Waals surface area contributed by atoms with E-state index in [2.05, 4.69) is 59.3 Å². The Hall–Kier alpha value is -0.200. The smallest absolute Gasteiger partial charge is 0.119 e. The number of allylic oxidation sites excluding steroid dienone is 1. The molecule has 3 unspecified atom stereocenters. The summed E-state index contributed by atoms with van der Waals surface area (Å²) in [7, 11) is 4.28. The van der Waals surface area contributed by atoms with Crippen LogP contribution in [0.25, 0.3) is 0 Å². The molecular weight excluding hydrogens is 710 g/mol. The second-order valence-electron chi connectivity index (χ2n) is 18.8. The lowest BCUT2D eigenvalue weighted by Crippen LogP contribution is -1.93. The highest BCUT2D eigenvalue weighted by Gasteiger charge is 2.31. The Morgan fingerprint density at radius 2 is 0.789 bits per heavy atom. The van der Waals surface area contributed by atoms with Crippen LogP contribution in [0.15, 0.2) is 12.7 Å². The summed E-state index contributed by atoms with van der Waals surface area (Å²) in [5.41, 5.74) is 1.16. The topological polar surface area (TPSA) is 29.1 Å². The number of carbonyl (C=O) groups excluding carboxylic acids is 1. The molecule has 2 nitrogen and oxygen atoms in total. The number of hydrogen-bond donors (Lipinski definition) is 1. The van der Waals surface area contributed by atoms with E-state index in [0.717, 1.165) is 36.6 Å². The fourth-order valence-electron chi connectivity index (χ4n) is 7.80. The lowest BCUT2D eigenvalue weighted by molar-refractivity contribution is -0.107. The first-order valence-corrected chi connectivity index (χ1v) is 28.2. The molecule has 0 aromatic rings. The molecule has 0 aromatic heterocycles. The van der Waals surface area contributed by atoms with E-state index in [-0.39, 0.29) is 0 Å². The summed E-state index contributed by atoms with van der Waals surface area (Å²) in [5.74, 6) is 1.84. The highest BCUT2D eigenvalue weighted by Crippen LogP contribution is 2.57. The van der Waals surface area contributed by atoms with Crippen LogP contribution in [0.1, 0.15) is 285 Å². The minimum Gasteiger partial charge on any atom is -0.323 e. The molecule has 344 valence electrons. The Kier molecular flexibility index (Phi) is 59.8. The lowest BCUT2D eigenvalue weighted by Gasteiger charge is -2.09. The third kappa shape index (κ3) is 62.6. The average Bonchev–Trinajstić information content (AvgIpc) is 3.89. The van der Waals surface area contributed by atoms with E-state index >= 15 is 0 Å². The Balaban J connectivity index is -0.000000813. The molecule has 1 heterocycles. The van der Waals surface area contributed by atoms with Crippen molar-refractivity contribution >= 4 is 14.2 Å². The second kappa shape index (κ2) is 55.8. The average molecular weight is 822 g/mol. The van der Waals surface area contributed by atoms with Crippen LogP contribution in [-0.4, -0.2) is 38.9 Å². The number of hydrogen-bond acceptors (Lipinski definition) is 2. The van der Waals surface area contributed by atoms with Crippen molar-refractivity contribution in [1.82, 2.24) is 5.32 Å². The van der Waals surface area contributed by atoms with Gasteiger partial charge in [0.2, 0.25) is 0 Å². The Morgan fingerprint density at radius 3 is 1.02 bits per heavy atom. The van der Waals surface area contributed by atoms with Gasteiger partial charge in [0.1, 0.15) is 6.29 Å². The molecule has 1 saturated heterocycles. The highest BCUT2D eigenvalue weighted by atomic mass is 31.1. The molecule has 1 N–H and O–H groups in total. The van der Waals surface area contributed by atoms with Gasteiger partial charge in [-0.1, -0.05) is 259 Å². The quantitative estimate of drug-likeness (QED) is 0.0288. The van der Waals surface area contributed by atoms with E-state index in [1.165, 1.54) is 238 Å². The van der Waals surface area contributed by atoms with Gasteiger partial charge in [-0.3, -0.25) is 0 Å². The van der Waals surface area contributed by atoms with Crippen molar-refractivity contribution in [3.63, 3.8) is 0 Å². The molecule has 3 heteroatoms. The van der Waals surface area contributed by atoms with Gasteiger partial charge in [0, 0.05) is 6.42 Å². The van der Waals surface area contributed by atoms with Crippen molar-refractivity contribution in [1.29, 1.82) is 0 Å². The first-order chi connectivity index (χ1) is 27.8. The van der Waals surface area contributed by atoms with Gasteiger partial charge in [-0.2, -0.15) is 0 Å². The van der Waals surface area contributed by atoms with E-state index in [1.807, 2.05) is 14.1 Å². The monoisotopic (exact) mass is 822 g/mol. The summed E-state index contributed by atoms with van der Waals surface area (Å²) in [4.78, 5) is 10.2. The predicted molar refractivity (Wildman–Crippen MR) is 268 cm³/mol. The fourth-order valence-corrected chi connectivity index (χ4v) is 9.79. The van der Waals surface area contributed by atoms with Gasteiger partial charge in [0.25, 0.3) is 0 Å². The summed E-state index contributed by atoms with van der Waals surface area (Å²) in [5, 5.41) is 2.75. The largest absolute Gasteiger partial charge is 0.323 e. The Morgan fingerprint density at radius 1 is 0.509 bits per heavy atom. The Labute approximate surface area is 365 Å². The second-order valence-corrected chi connectivity index (χ2v) is 21.4. The maximum Gasteiger partial charge on any atom is 0.119 e. The number of aldehydes is 1. The minimum absolute atomic E-state index is 0.534. The molecule has 1 aliphatic heterocycles. The molecule has 57 heavy (non-hydrogen) atoms. The van der Waals surface area contributed by atoms with E-state index in [1.54, 1.807) is 6.16 Å². The SMILES string of the molecule is C=CCCC(C)CCCCCCCCCCCCCCC.CC(C)CC1CP1C.CCCCCCCCCCCCCCCCCCCCCCCC=O.CNC. The van der Waals surface area contributed by atoms with Crippen molar-refractivity contribution in [3.8, 4) is 0 Å².